The van der Waals surface area contributed by atoms with Gasteiger partial charge in [-0.3, -0.25) is 4.79 Å². The molecule has 3 rings (SSSR count). The van der Waals surface area contributed by atoms with Crippen molar-refractivity contribution in [2.75, 3.05) is 12.3 Å². The van der Waals surface area contributed by atoms with Gasteiger partial charge in [0.25, 0.3) is 5.91 Å². The van der Waals surface area contributed by atoms with E-state index < -0.39 is 0 Å². The molecule has 0 bridgehead atoms. The van der Waals surface area contributed by atoms with Gasteiger partial charge in [-0.25, -0.2) is 0 Å². The van der Waals surface area contributed by atoms with Gasteiger partial charge in [0.15, 0.2) is 0 Å². The predicted octanol–water partition coefficient (Wildman–Crippen LogP) is 2.44. The van der Waals surface area contributed by atoms with Gasteiger partial charge in [-0.2, -0.15) is 0 Å². The monoisotopic (exact) mass is 268 g/mol. The average Bonchev–Trinajstić information content (AvgIpc) is 2.85. The highest BCUT2D eigenvalue weighted by Crippen LogP contribution is 2.32. The third-order valence-corrected chi connectivity index (χ3v) is 3.46. The van der Waals surface area contributed by atoms with Crippen LogP contribution in [0.1, 0.15) is 27.5 Å². The van der Waals surface area contributed by atoms with Crippen LogP contribution in [0, 0.1) is 6.92 Å². The smallest absolute Gasteiger partial charge is 0.253 e. The molecule has 1 heterocycles. The lowest BCUT2D eigenvalue weighted by Gasteiger charge is -2.13. The quantitative estimate of drug-likeness (QED) is 0.822. The fourth-order valence-corrected chi connectivity index (χ4v) is 2.38. The van der Waals surface area contributed by atoms with Crippen molar-refractivity contribution < 1.29 is 9.53 Å². The van der Waals surface area contributed by atoms with Crippen LogP contribution in [-0.4, -0.2) is 12.5 Å². The number of benzene rings is 2. The zero-order valence-corrected chi connectivity index (χ0v) is 11.2. The Morgan fingerprint density at radius 3 is 2.95 bits per heavy atom. The molecule has 1 unspecified atom stereocenters. The molecule has 4 nitrogen and oxygen atoms in total. The number of amides is 1. The van der Waals surface area contributed by atoms with Crippen molar-refractivity contribution in [3.63, 3.8) is 0 Å². The van der Waals surface area contributed by atoms with E-state index in [1.54, 1.807) is 12.1 Å². The third-order valence-electron chi connectivity index (χ3n) is 3.46. The summed E-state index contributed by atoms with van der Waals surface area (Å²) in [6.07, 6.45) is 0. The summed E-state index contributed by atoms with van der Waals surface area (Å²) in [6.45, 7) is 2.39. The fraction of sp³-hybridized carbons (Fsp3) is 0.188. The summed E-state index contributed by atoms with van der Waals surface area (Å²) >= 11 is 0. The molecule has 1 atom stereocenters. The van der Waals surface area contributed by atoms with Gasteiger partial charge in [0.2, 0.25) is 0 Å². The van der Waals surface area contributed by atoms with E-state index in [-0.39, 0.29) is 11.9 Å². The third kappa shape index (κ3) is 2.20. The zero-order valence-electron chi connectivity index (χ0n) is 11.2. The van der Waals surface area contributed by atoms with E-state index in [1.165, 1.54) is 0 Å². The number of hydrogen-bond donors (Lipinski definition) is 2. The van der Waals surface area contributed by atoms with Gasteiger partial charge in [0, 0.05) is 11.3 Å². The topological polar surface area (TPSA) is 64.4 Å². The van der Waals surface area contributed by atoms with Crippen LogP contribution in [0.5, 0.6) is 5.75 Å². The van der Waals surface area contributed by atoms with Crippen molar-refractivity contribution in [2.45, 2.75) is 13.0 Å². The molecule has 4 heteroatoms. The molecule has 102 valence electrons. The summed E-state index contributed by atoms with van der Waals surface area (Å²) in [5.74, 6) is 0.659. The Balaban J connectivity index is 1.82. The largest absolute Gasteiger partial charge is 0.491 e. The van der Waals surface area contributed by atoms with Crippen molar-refractivity contribution in [2.24, 2.45) is 0 Å². The Kier molecular flexibility index (Phi) is 3.06. The number of carbonyl (C=O) groups excluding carboxylic acids is 1. The highest BCUT2D eigenvalue weighted by atomic mass is 16.5. The first-order chi connectivity index (χ1) is 9.65. The molecule has 0 radical (unpaired) electrons. The van der Waals surface area contributed by atoms with Gasteiger partial charge in [-0.1, -0.05) is 29.8 Å². The second-order valence-electron chi connectivity index (χ2n) is 4.97. The van der Waals surface area contributed by atoms with Crippen LogP contribution < -0.4 is 15.8 Å². The minimum Gasteiger partial charge on any atom is -0.491 e. The van der Waals surface area contributed by atoms with Crippen LogP contribution in [0.4, 0.5) is 5.69 Å². The van der Waals surface area contributed by atoms with Gasteiger partial charge in [0.05, 0.1) is 11.6 Å². The number of nitrogen functional groups attached to an aromatic ring is 1. The number of nitrogens with two attached hydrogens (primary N) is 1. The molecule has 0 fully saturated rings. The molecule has 1 amide bonds. The maximum atomic E-state index is 12.3. The number of fused-ring (bicyclic) bond motifs is 1. The minimum atomic E-state index is -0.170. The summed E-state index contributed by atoms with van der Waals surface area (Å²) in [7, 11) is 0. The van der Waals surface area contributed by atoms with Crippen molar-refractivity contribution in [1.29, 1.82) is 0 Å². The summed E-state index contributed by atoms with van der Waals surface area (Å²) < 4.78 is 5.56. The molecule has 1 aliphatic heterocycles. The van der Waals surface area contributed by atoms with Crippen LogP contribution >= 0.6 is 0 Å². The van der Waals surface area contributed by atoms with Gasteiger partial charge in [-0.05, 0) is 25.1 Å². The Morgan fingerprint density at radius 1 is 1.30 bits per heavy atom. The normalized spacial score (nSPS) is 16.4. The number of rotatable bonds is 2. The van der Waals surface area contributed by atoms with E-state index in [1.807, 2.05) is 37.3 Å². The van der Waals surface area contributed by atoms with E-state index >= 15 is 0 Å². The van der Waals surface area contributed by atoms with Crippen molar-refractivity contribution in [3.8, 4) is 5.75 Å². The Hall–Kier alpha value is -2.49. The number of hydrogen-bond acceptors (Lipinski definition) is 3. The Labute approximate surface area is 117 Å². The number of aryl methyl sites for hydroxylation is 1. The van der Waals surface area contributed by atoms with Gasteiger partial charge in [-0.15, -0.1) is 0 Å². The summed E-state index contributed by atoms with van der Waals surface area (Å²) in [5, 5.41) is 2.98. The average molecular weight is 268 g/mol. The van der Waals surface area contributed by atoms with Crippen LogP contribution in [0.3, 0.4) is 0 Å². The summed E-state index contributed by atoms with van der Waals surface area (Å²) in [6, 6.07) is 13.0. The Bertz CT molecular complexity index is 667. The highest BCUT2D eigenvalue weighted by molar-refractivity contribution is 5.99. The Morgan fingerprint density at radius 2 is 2.10 bits per heavy atom. The summed E-state index contributed by atoms with van der Waals surface area (Å²) in [4.78, 5) is 12.3. The molecule has 20 heavy (non-hydrogen) atoms. The minimum absolute atomic E-state index is 0.126. The van der Waals surface area contributed by atoms with Gasteiger partial charge >= 0.3 is 0 Å². The first-order valence-corrected chi connectivity index (χ1v) is 6.54. The lowest BCUT2D eigenvalue weighted by Crippen LogP contribution is -2.30. The maximum absolute atomic E-state index is 12.3. The summed E-state index contributed by atoms with van der Waals surface area (Å²) in [5.41, 5.74) is 8.88. The van der Waals surface area contributed by atoms with Crippen molar-refractivity contribution in [1.82, 2.24) is 5.32 Å². The molecule has 2 aromatic rings. The van der Waals surface area contributed by atoms with Gasteiger partial charge < -0.3 is 15.8 Å². The van der Waals surface area contributed by atoms with E-state index in [9.17, 15) is 4.79 Å². The predicted molar refractivity (Wildman–Crippen MR) is 77.7 cm³/mol. The van der Waals surface area contributed by atoms with Crippen molar-refractivity contribution >= 4 is 11.6 Å². The number of ether oxygens (including phenoxy) is 1. The second-order valence-corrected chi connectivity index (χ2v) is 4.97. The molecule has 3 N–H and O–H groups in total. The first-order valence-electron chi connectivity index (χ1n) is 6.54. The molecule has 0 saturated carbocycles. The lowest BCUT2D eigenvalue weighted by atomic mass is 10.1. The highest BCUT2D eigenvalue weighted by Gasteiger charge is 2.25. The van der Waals surface area contributed by atoms with Crippen LogP contribution in [0.15, 0.2) is 42.5 Å². The van der Waals surface area contributed by atoms with Crippen molar-refractivity contribution in [3.05, 3.63) is 59.2 Å². The molecule has 0 aliphatic carbocycles. The molecular weight excluding hydrogens is 252 g/mol. The second kappa shape index (κ2) is 4.89. The number of anilines is 1. The number of carbonyl (C=O) groups is 1. The van der Waals surface area contributed by atoms with Crippen LogP contribution in [0.2, 0.25) is 0 Å². The molecule has 0 spiro atoms. The van der Waals surface area contributed by atoms with Crippen LogP contribution in [-0.2, 0) is 0 Å². The molecule has 1 aliphatic rings. The van der Waals surface area contributed by atoms with E-state index in [0.29, 0.717) is 17.9 Å². The van der Waals surface area contributed by atoms with Crippen LogP contribution in [0.25, 0.3) is 0 Å². The van der Waals surface area contributed by atoms with E-state index in [4.69, 9.17) is 10.5 Å². The van der Waals surface area contributed by atoms with E-state index in [0.717, 1.165) is 16.9 Å². The lowest BCUT2D eigenvalue weighted by molar-refractivity contribution is 0.0931. The van der Waals surface area contributed by atoms with Gasteiger partial charge in [0.1, 0.15) is 12.4 Å². The first kappa shape index (κ1) is 12.5. The maximum Gasteiger partial charge on any atom is 0.253 e. The zero-order chi connectivity index (χ0) is 14.1. The standard InChI is InChI=1S/C16H16N2O2/c1-10-6-7-13(17)12(8-10)16(19)18-14-9-20-15-5-3-2-4-11(14)15/h2-8,14H,9,17H2,1H3,(H,18,19). The SMILES string of the molecule is Cc1ccc(N)c(C(=O)NC2COc3ccccc32)c1. The molecule has 0 saturated heterocycles. The molecule has 2 aromatic carbocycles. The van der Waals surface area contributed by atoms with E-state index in [2.05, 4.69) is 5.32 Å². The molecular formula is C16H16N2O2. The number of para-hydroxylation sites is 1. The number of nitrogens with one attached hydrogen (secondary N) is 1. The molecule has 0 aromatic heterocycles. The fourth-order valence-electron chi connectivity index (χ4n) is 2.38.